The first-order chi connectivity index (χ1) is 9.51. The van der Waals surface area contributed by atoms with E-state index < -0.39 is 11.6 Å². The second-order valence-electron chi connectivity index (χ2n) is 4.00. The smallest absolute Gasteiger partial charge is 0.159 e. The highest BCUT2D eigenvalue weighted by Gasteiger charge is 2.09. The molecule has 0 aliphatic heterocycles. The normalized spacial score (nSPS) is 10.4. The van der Waals surface area contributed by atoms with E-state index in [1.54, 1.807) is 13.1 Å². The predicted octanol–water partition coefficient (Wildman–Crippen LogP) is 4.32. The molecule has 2 N–H and O–H groups in total. The molecule has 7 heteroatoms. The summed E-state index contributed by atoms with van der Waals surface area (Å²) >= 11 is 11.9. The third-order valence-corrected chi connectivity index (χ3v) is 3.19. The number of nitrogens with zero attached hydrogens (tertiary/aromatic N) is 1. The van der Waals surface area contributed by atoms with Crippen molar-refractivity contribution in [1.29, 1.82) is 0 Å². The Kier molecular flexibility index (Phi) is 4.62. The zero-order chi connectivity index (χ0) is 14.7. The summed E-state index contributed by atoms with van der Waals surface area (Å²) in [5.41, 5.74) is 0.572. The summed E-state index contributed by atoms with van der Waals surface area (Å²) in [5, 5.41) is 6.52. The number of aromatic nitrogens is 1. The lowest BCUT2D eigenvalue weighted by atomic mass is 10.2. The Bertz CT molecular complexity index is 635. The van der Waals surface area contributed by atoms with Crippen LogP contribution < -0.4 is 10.6 Å². The van der Waals surface area contributed by atoms with Crippen molar-refractivity contribution >= 4 is 34.8 Å². The first-order valence-corrected chi connectivity index (χ1v) is 6.48. The van der Waals surface area contributed by atoms with Crippen LogP contribution in [0.25, 0.3) is 0 Å². The van der Waals surface area contributed by atoms with Crippen LogP contribution >= 0.6 is 23.2 Å². The quantitative estimate of drug-likeness (QED) is 0.881. The number of anilines is 2. The maximum atomic E-state index is 13.1. The van der Waals surface area contributed by atoms with E-state index in [0.29, 0.717) is 27.2 Å². The van der Waals surface area contributed by atoms with Gasteiger partial charge in [0.1, 0.15) is 11.6 Å². The standard InChI is InChI=1S/C13H11Cl2F2N3/c1-18-12-8(14)5-9(15)13(20-12)19-6-7-2-3-10(16)11(17)4-7/h2-5H,6H2,1H3,(H2,18,19,20). The van der Waals surface area contributed by atoms with Gasteiger partial charge in [-0.1, -0.05) is 29.3 Å². The summed E-state index contributed by atoms with van der Waals surface area (Å²) < 4.78 is 25.9. The van der Waals surface area contributed by atoms with Gasteiger partial charge in [-0.05, 0) is 23.8 Å². The van der Waals surface area contributed by atoms with Crippen LogP contribution in [0.4, 0.5) is 20.4 Å². The van der Waals surface area contributed by atoms with Crippen molar-refractivity contribution < 1.29 is 8.78 Å². The van der Waals surface area contributed by atoms with Gasteiger partial charge in [-0.25, -0.2) is 13.8 Å². The predicted molar refractivity (Wildman–Crippen MR) is 77.5 cm³/mol. The highest BCUT2D eigenvalue weighted by atomic mass is 35.5. The number of benzene rings is 1. The van der Waals surface area contributed by atoms with Gasteiger partial charge in [0.15, 0.2) is 11.6 Å². The molecule has 0 spiro atoms. The number of rotatable bonds is 4. The van der Waals surface area contributed by atoms with Gasteiger partial charge in [0, 0.05) is 13.6 Å². The fourth-order valence-electron chi connectivity index (χ4n) is 1.60. The largest absolute Gasteiger partial charge is 0.372 e. The van der Waals surface area contributed by atoms with Gasteiger partial charge in [0.2, 0.25) is 0 Å². The highest BCUT2D eigenvalue weighted by molar-refractivity contribution is 6.37. The van der Waals surface area contributed by atoms with E-state index in [0.717, 1.165) is 12.1 Å². The van der Waals surface area contributed by atoms with Crippen molar-refractivity contribution in [2.45, 2.75) is 6.54 Å². The monoisotopic (exact) mass is 317 g/mol. The molecule has 0 saturated heterocycles. The summed E-state index contributed by atoms with van der Waals surface area (Å²) in [6, 6.07) is 5.22. The molecular formula is C13H11Cl2F2N3. The fraction of sp³-hybridized carbons (Fsp3) is 0.154. The third kappa shape index (κ3) is 3.29. The van der Waals surface area contributed by atoms with E-state index in [-0.39, 0.29) is 6.54 Å². The van der Waals surface area contributed by atoms with E-state index in [9.17, 15) is 8.78 Å². The Labute approximate surface area is 124 Å². The topological polar surface area (TPSA) is 37.0 Å². The van der Waals surface area contributed by atoms with Crippen LogP contribution in [0.2, 0.25) is 10.0 Å². The van der Waals surface area contributed by atoms with Crippen LogP contribution in [0, 0.1) is 11.6 Å². The molecule has 1 aromatic carbocycles. The molecule has 2 aromatic rings. The van der Waals surface area contributed by atoms with Crippen molar-refractivity contribution in [3.8, 4) is 0 Å². The van der Waals surface area contributed by atoms with E-state index in [4.69, 9.17) is 23.2 Å². The fourth-order valence-corrected chi connectivity index (χ4v) is 2.12. The molecule has 2 rings (SSSR count). The lowest BCUT2D eigenvalue weighted by Crippen LogP contribution is -2.05. The number of nitrogens with one attached hydrogen (secondary N) is 2. The van der Waals surface area contributed by atoms with Crippen molar-refractivity contribution in [2.75, 3.05) is 17.7 Å². The molecule has 0 fully saturated rings. The molecule has 1 heterocycles. The lowest BCUT2D eigenvalue weighted by Gasteiger charge is -2.11. The Morgan fingerprint density at radius 1 is 1.05 bits per heavy atom. The first-order valence-electron chi connectivity index (χ1n) is 5.73. The molecule has 0 saturated carbocycles. The summed E-state index contributed by atoms with van der Waals surface area (Å²) in [4.78, 5) is 4.19. The number of halogens is 4. The molecule has 106 valence electrons. The van der Waals surface area contributed by atoms with Crippen LogP contribution in [-0.4, -0.2) is 12.0 Å². The van der Waals surface area contributed by atoms with E-state index in [1.165, 1.54) is 6.07 Å². The Morgan fingerprint density at radius 3 is 2.40 bits per heavy atom. The minimum Gasteiger partial charge on any atom is -0.372 e. The Hall–Kier alpha value is -1.59. The molecule has 0 bridgehead atoms. The molecule has 0 atom stereocenters. The third-order valence-electron chi connectivity index (χ3n) is 2.61. The minimum absolute atomic E-state index is 0.259. The van der Waals surface area contributed by atoms with Crippen molar-refractivity contribution in [1.82, 2.24) is 4.98 Å². The Balaban J connectivity index is 2.16. The molecule has 0 aliphatic carbocycles. The summed E-state index contributed by atoms with van der Waals surface area (Å²) in [7, 11) is 1.68. The van der Waals surface area contributed by atoms with Crippen molar-refractivity contribution in [3.63, 3.8) is 0 Å². The lowest BCUT2D eigenvalue weighted by molar-refractivity contribution is 0.507. The summed E-state index contributed by atoms with van der Waals surface area (Å²) in [5.74, 6) is -0.891. The van der Waals surface area contributed by atoms with Crippen molar-refractivity contribution in [3.05, 3.63) is 51.5 Å². The van der Waals surface area contributed by atoms with Gasteiger partial charge in [-0.3, -0.25) is 0 Å². The average Bonchev–Trinajstić information content (AvgIpc) is 2.41. The van der Waals surface area contributed by atoms with Gasteiger partial charge >= 0.3 is 0 Å². The van der Waals surface area contributed by atoms with Crippen LogP contribution in [-0.2, 0) is 6.54 Å². The van der Waals surface area contributed by atoms with E-state index in [1.807, 2.05) is 0 Å². The molecule has 1 aromatic heterocycles. The number of pyridine rings is 1. The minimum atomic E-state index is -0.893. The zero-order valence-electron chi connectivity index (χ0n) is 10.5. The van der Waals surface area contributed by atoms with Crippen LogP contribution in [0.15, 0.2) is 24.3 Å². The number of hydrogen-bond donors (Lipinski definition) is 2. The average molecular weight is 318 g/mol. The first kappa shape index (κ1) is 14.8. The van der Waals surface area contributed by atoms with Crippen LogP contribution in [0.5, 0.6) is 0 Å². The molecule has 0 aliphatic rings. The highest BCUT2D eigenvalue weighted by Crippen LogP contribution is 2.29. The summed E-state index contributed by atoms with van der Waals surface area (Å²) in [6.07, 6.45) is 0. The van der Waals surface area contributed by atoms with Gasteiger partial charge < -0.3 is 10.6 Å². The molecular weight excluding hydrogens is 307 g/mol. The molecule has 0 radical (unpaired) electrons. The molecule has 0 amide bonds. The van der Waals surface area contributed by atoms with E-state index in [2.05, 4.69) is 15.6 Å². The molecule has 0 unspecified atom stereocenters. The second-order valence-corrected chi connectivity index (χ2v) is 4.82. The van der Waals surface area contributed by atoms with Gasteiger partial charge in [0.05, 0.1) is 10.0 Å². The molecule has 20 heavy (non-hydrogen) atoms. The summed E-state index contributed by atoms with van der Waals surface area (Å²) in [6.45, 7) is 0.259. The van der Waals surface area contributed by atoms with E-state index >= 15 is 0 Å². The van der Waals surface area contributed by atoms with Crippen LogP contribution in [0.3, 0.4) is 0 Å². The maximum Gasteiger partial charge on any atom is 0.159 e. The zero-order valence-corrected chi connectivity index (χ0v) is 12.0. The SMILES string of the molecule is CNc1nc(NCc2ccc(F)c(F)c2)c(Cl)cc1Cl. The van der Waals surface area contributed by atoms with Crippen molar-refractivity contribution in [2.24, 2.45) is 0 Å². The van der Waals surface area contributed by atoms with Gasteiger partial charge in [-0.15, -0.1) is 0 Å². The number of hydrogen-bond acceptors (Lipinski definition) is 3. The molecule has 3 nitrogen and oxygen atoms in total. The van der Waals surface area contributed by atoms with Gasteiger partial charge in [0.25, 0.3) is 0 Å². The second kappa shape index (κ2) is 6.24. The Morgan fingerprint density at radius 2 is 1.75 bits per heavy atom. The van der Waals surface area contributed by atoms with Crippen LogP contribution in [0.1, 0.15) is 5.56 Å². The van der Waals surface area contributed by atoms with Gasteiger partial charge in [-0.2, -0.15) is 0 Å². The maximum absolute atomic E-state index is 13.1.